The Balaban J connectivity index is 2.42. The van der Waals surface area contributed by atoms with Crippen LogP contribution >= 0.6 is 0 Å². The molecule has 1 heteroatoms. The molecule has 0 saturated carbocycles. The van der Waals surface area contributed by atoms with E-state index in [0.29, 0.717) is 0 Å². The molecule has 16 heavy (non-hydrogen) atoms. The fourth-order valence-electron chi connectivity index (χ4n) is 2.56. The molecular weight excluding hydrogens is 194 g/mol. The predicted molar refractivity (Wildman–Crippen MR) is 70.6 cm³/mol. The molecule has 1 aromatic rings. The van der Waals surface area contributed by atoms with Gasteiger partial charge in [0.2, 0.25) is 0 Å². The number of benzene rings is 1. The van der Waals surface area contributed by atoms with Gasteiger partial charge in [-0.05, 0) is 56.4 Å². The van der Waals surface area contributed by atoms with Crippen molar-refractivity contribution in [1.82, 2.24) is 0 Å². The summed E-state index contributed by atoms with van der Waals surface area (Å²) in [7, 11) is 0. The molecule has 0 aromatic heterocycles. The van der Waals surface area contributed by atoms with Crippen molar-refractivity contribution in [3.8, 4) is 0 Å². The Morgan fingerprint density at radius 1 is 1.06 bits per heavy atom. The summed E-state index contributed by atoms with van der Waals surface area (Å²) in [5, 5.41) is 0. The van der Waals surface area contributed by atoms with Crippen molar-refractivity contribution in [2.45, 2.75) is 46.5 Å². The minimum Gasteiger partial charge on any atom is -0.293 e. The van der Waals surface area contributed by atoms with Crippen molar-refractivity contribution >= 4 is 5.71 Å². The SMILES string of the molecule is CC1=NCC(C)(c2cc(C)c(C)c(C)c2)C1. The summed E-state index contributed by atoms with van der Waals surface area (Å²) in [6.45, 7) is 12.0. The average molecular weight is 215 g/mol. The van der Waals surface area contributed by atoms with E-state index in [1.165, 1.54) is 28.0 Å². The standard InChI is InChI=1S/C15H21N/c1-10-6-14(7-11(2)13(10)4)15(5)8-12(3)16-9-15/h6-7H,8-9H2,1-5H3. The lowest BCUT2D eigenvalue weighted by molar-refractivity contribution is 0.534. The highest BCUT2D eigenvalue weighted by Crippen LogP contribution is 2.34. The maximum absolute atomic E-state index is 4.56. The minimum atomic E-state index is 0.229. The zero-order valence-electron chi connectivity index (χ0n) is 11.0. The van der Waals surface area contributed by atoms with E-state index in [1.807, 2.05) is 0 Å². The molecule has 2 rings (SSSR count). The van der Waals surface area contributed by atoms with Crippen LogP contribution in [0.25, 0.3) is 0 Å². The van der Waals surface area contributed by atoms with Crippen molar-refractivity contribution < 1.29 is 0 Å². The van der Waals surface area contributed by atoms with Gasteiger partial charge in [-0.15, -0.1) is 0 Å². The summed E-state index contributed by atoms with van der Waals surface area (Å²) in [6, 6.07) is 4.69. The van der Waals surface area contributed by atoms with Crippen molar-refractivity contribution in [1.29, 1.82) is 0 Å². The molecule has 0 N–H and O–H groups in total. The number of hydrogen-bond acceptors (Lipinski definition) is 1. The zero-order valence-corrected chi connectivity index (χ0v) is 11.0. The maximum Gasteiger partial charge on any atom is 0.0486 e. The van der Waals surface area contributed by atoms with Gasteiger partial charge in [-0.1, -0.05) is 19.1 Å². The van der Waals surface area contributed by atoms with Gasteiger partial charge in [-0.3, -0.25) is 4.99 Å². The van der Waals surface area contributed by atoms with Crippen molar-refractivity contribution in [2.75, 3.05) is 6.54 Å². The first-order valence-electron chi connectivity index (χ1n) is 6.01. The molecule has 1 aliphatic rings. The molecule has 1 nitrogen and oxygen atoms in total. The molecule has 1 aliphatic heterocycles. The van der Waals surface area contributed by atoms with Crippen molar-refractivity contribution in [2.24, 2.45) is 4.99 Å². The first-order chi connectivity index (χ1) is 7.42. The predicted octanol–water partition coefficient (Wildman–Crippen LogP) is 3.73. The molecule has 0 spiro atoms. The normalized spacial score (nSPS) is 24.7. The van der Waals surface area contributed by atoms with Crippen LogP contribution in [0, 0.1) is 20.8 Å². The summed E-state index contributed by atoms with van der Waals surface area (Å²) in [5.74, 6) is 0. The summed E-state index contributed by atoms with van der Waals surface area (Å²) in [5.41, 5.74) is 7.20. The number of nitrogens with zero attached hydrogens (tertiary/aromatic N) is 1. The van der Waals surface area contributed by atoms with Gasteiger partial charge in [0, 0.05) is 17.7 Å². The minimum absolute atomic E-state index is 0.229. The third kappa shape index (κ3) is 1.79. The van der Waals surface area contributed by atoms with Gasteiger partial charge < -0.3 is 0 Å². The molecule has 0 radical (unpaired) electrons. The molecule has 86 valence electrons. The second kappa shape index (κ2) is 3.73. The lowest BCUT2D eigenvalue weighted by atomic mass is 9.78. The number of aryl methyl sites for hydroxylation is 2. The summed E-state index contributed by atoms with van der Waals surface area (Å²) in [4.78, 5) is 4.56. The van der Waals surface area contributed by atoms with Crippen molar-refractivity contribution in [3.63, 3.8) is 0 Å². The van der Waals surface area contributed by atoms with Gasteiger partial charge in [0.05, 0.1) is 0 Å². The van der Waals surface area contributed by atoms with E-state index in [4.69, 9.17) is 0 Å². The Bertz CT molecular complexity index is 433. The first-order valence-corrected chi connectivity index (χ1v) is 6.01. The van der Waals surface area contributed by atoms with E-state index < -0.39 is 0 Å². The third-order valence-electron chi connectivity index (χ3n) is 3.97. The Morgan fingerprint density at radius 2 is 1.62 bits per heavy atom. The Morgan fingerprint density at radius 3 is 2.06 bits per heavy atom. The van der Waals surface area contributed by atoms with Crippen LogP contribution < -0.4 is 0 Å². The zero-order chi connectivity index (χ0) is 11.9. The number of rotatable bonds is 1. The van der Waals surface area contributed by atoms with Crippen LogP contribution in [-0.4, -0.2) is 12.3 Å². The second-order valence-electron chi connectivity index (χ2n) is 5.52. The van der Waals surface area contributed by atoms with Crippen LogP contribution in [0.4, 0.5) is 0 Å². The summed E-state index contributed by atoms with van der Waals surface area (Å²) >= 11 is 0. The molecule has 1 aromatic carbocycles. The van der Waals surface area contributed by atoms with E-state index >= 15 is 0 Å². The molecule has 0 saturated heterocycles. The fraction of sp³-hybridized carbons (Fsp3) is 0.533. The van der Waals surface area contributed by atoms with E-state index in [9.17, 15) is 0 Å². The van der Waals surface area contributed by atoms with Gasteiger partial charge in [0.15, 0.2) is 0 Å². The number of hydrogen-bond donors (Lipinski definition) is 0. The molecule has 1 atom stereocenters. The fourth-order valence-corrected chi connectivity index (χ4v) is 2.56. The molecule has 1 unspecified atom stereocenters. The van der Waals surface area contributed by atoms with E-state index in [-0.39, 0.29) is 5.41 Å². The highest BCUT2D eigenvalue weighted by molar-refractivity contribution is 5.85. The van der Waals surface area contributed by atoms with Crippen LogP contribution in [0.1, 0.15) is 42.5 Å². The molecule has 1 heterocycles. The quantitative estimate of drug-likeness (QED) is 0.677. The summed E-state index contributed by atoms with van der Waals surface area (Å²) < 4.78 is 0. The largest absolute Gasteiger partial charge is 0.293 e. The topological polar surface area (TPSA) is 12.4 Å². The Hall–Kier alpha value is -1.11. The van der Waals surface area contributed by atoms with Crippen LogP contribution in [0.2, 0.25) is 0 Å². The van der Waals surface area contributed by atoms with E-state index in [0.717, 1.165) is 13.0 Å². The van der Waals surface area contributed by atoms with Crippen LogP contribution in [0.3, 0.4) is 0 Å². The highest BCUT2D eigenvalue weighted by Gasteiger charge is 2.31. The second-order valence-corrected chi connectivity index (χ2v) is 5.52. The van der Waals surface area contributed by atoms with Gasteiger partial charge >= 0.3 is 0 Å². The van der Waals surface area contributed by atoms with Crippen LogP contribution in [0.5, 0.6) is 0 Å². The van der Waals surface area contributed by atoms with Crippen LogP contribution in [-0.2, 0) is 5.41 Å². The highest BCUT2D eigenvalue weighted by atomic mass is 14.8. The monoisotopic (exact) mass is 215 g/mol. The van der Waals surface area contributed by atoms with Gasteiger partial charge in [-0.25, -0.2) is 0 Å². The van der Waals surface area contributed by atoms with Crippen LogP contribution in [0.15, 0.2) is 17.1 Å². The smallest absolute Gasteiger partial charge is 0.0486 e. The molecule has 0 aliphatic carbocycles. The van der Waals surface area contributed by atoms with Gasteiger partial charge in [-0.2, -0.15) is 0 Å². The van der Waals surface area contributed by atoms with E-state index in [1.54, 1.807) is 0 Å². The van der Waals surface area contributed by atoms with Gasteiger partial charge in [0.25, 0.3) is 0 Å². The number of aliphatic imine (C=N–C) groups is 1. The molecule has 0 bridgehead atoms. The summed E-state index contributed by atoms with van der Waals surface area (Å²) in [6.07, 6.45) is 1.11. The average Bonchev–Trinajstić information content (AvgIpc) is 2.56. The third-order valence-corrected chi connectivity index (χ3v) is 3.97. The lowest BCUT2D eigenvalue weighted by Gasteiger charge is -2.25. The molecular formula is C15H21N. The van der Waals surface area contributed by atoms with Crippen molar-refractivity contribution in [3.05, 3.63) is 34.4 Å². The molecule has 0 amide bonds. The van der Waals surface area contributed by atoms with Gasteiger partial charge in [0.1, 0.15) is 0 Å². The Labute approximate surface area is 98.6 Å². The first kappa shape index (κ1) is 11.4. The maximum atomic E-state index is 4.56. The molecule has 0 fully saturated rings. The lowest BCUT2D eigenvalue weighted by Crippen LogP contribution is -2.23. The Kier molecular flexibility index (Phi) is 2.65. The van der Waals surface area contributed by atoms with E-state index in [2.05, 4.69) is 51.7 Å².